The lowest BCUT2D eigenvalue weighted by atomic mass is 10.0. The van der Waals surface area contributed by atoms with Crippen LogP contribution in [-0.4, -0.2) is 63.1 Å². The molecular weight excluding hydrogens is 498 g/mol. The van der Waals surface area contributed by atoms with Gasteiger partial charge in [0, 0.05) is 32.0 Å². The molecule has 2 amide bonds. The normalized spacial score (nSPS) is 14.0. The molecule has 1 saturated heterocycles. The van der Waals surface area contributed by atoms with Crippen LogP contribution in [-0.2, 0) is 4.74 Å². The first-order chi connectivity index (χ1) is 18.0. The van der Waals surface area contributed by atoms with Crippen LogP contribution in [0.4, 0.5) is 5.69 Å². The van der Waals surface area contributed by atoms with Crippen molar-refractivity contribution in [2.75, 3.05) is 32.2 Å². The number of methoxy groups -OCH3 is 1. The number of nitrogens with zero attached hydrogens (tertiary/aromatic N) is 5. The van der Waals surface area contributed by atoms with Gasteiger partial charge in [-0.1, -0.05) is 11.6 Å². The largest absolute Gasteiger partial charge is 0.480 e. The number of nitrogens with one attached hydrogen (secondary N) is 2. The van der Waals surface area contributed by atoms with E-state index in [9.17, 15) is 9.59 Å². The molecule has 5 heterocycles. The number of pyridine rings is 2. The number of carbonyl (C=O) groups excluding carboxylic acids is 2. The van der Waals surface area contributed by atoms with E-state index in [2.05, 4.69) is 25.8 Å². The second kappa shape index (κ2) is 10.6. The van der Waals surface area contributed by atoms with Crippen molar-refractivity contribution < 1.29 is 19.1 Å². The summed E-state index contributed by atoms with van der Waals surface area (Å²) in [6.07, 6.45) is 4.93. The van der Waals surface area contributed by atoms with E-state index in [1.807, 2.05) is 13.0 Å². The number of halogens is 1. The van der Waals surface area contributed by atoms with Crippen LogP contribution < -0.4 is 15.4 Å². The average molecular weight is 524 g/mol. The zero-order chi connectivity index (χ0) is 25.9. The Morgan fingerprint density at radius 1 is 1.19 bits per heavy atom. The van der Waals surface area contributed by atoms with Gasteiger partial charge in [-0.15, -0.1) is 5.10 Å². The first kappa shape index (κ1) is 24.7. The fourth-order valence-corrected chi connectivity index (χ4v) is 4.53. The van der Waals surface area contributed by atoms with Crippen molar-refractivity contribution in [2.24, 2.45) is 5.92 Å². The van der Waals surface area contributed by atoms with Crippen LogP contribution in [0.3, 0.4) is 0 Å². The Morgan fingerprint density at radius 2 is 2.00 bits per heavy atom. The minimum atomic E-state index is -0.523. The lowest BCUT2D eigenvalue weighted by molar-refractivity contribution is 0.0642. The molecule has 4 aromatic rings. The molecule has 12 heteroatoms. The molecule has 192 valence electrons. The van der Waals surface area contributed by atoms with Crippen LogP contribution >= 0.6 is 11.6 Å². The molecule has 2 N–H and O–H groups in total. The predicted octanol–water partition coefficient (Wildman–Crippen LogP) is 3.29. The van der Waals surface area contributed by atoms with Gasteiger partial charge in [0.05, 0.1) is 29.5 Å². The van der Waals surface area contributed by atoms with E-state index < -0.39 is 5.91 Å². The Balaban J connectivity index is 1.50. The molecule has 11 nitrogen and oxygen atoms in total. The van der Waals surface area contributed by atoms with Crippen molar-refractivity contribution in [2.45, 2.75) is 19.8 Å². The minimum Gasteiger partial charge on any atom is -0.480 e. The zero-order valence-corrected chi connectivity index (χ0v) is 21.2. The van der Waals surface area contributed by atoms with E-state index in [0.717, 1.165) is 18.4 Å². The quantitative estimate of drug-likeness (QED) is 0.381. The van der Waals surface area contributed by atoms with Crippen LogP contribution in [0.25, 0.3) is 11.3 Å². The number of hydrogen-bond acceptors (Lipinski definition) is 7. The van der Waals surface area contributed by atoms with Crippen molar-refractivity contribution in [1.82, 2.24) is 29.7 Å². The summed E-state index contributed by atoms with van der Waals surface area (Å²) >= 11 is 6.32. The molecule has 0 radical (unpaired) electrons. The third-order valence-corrected chi connectivity index (χ3v) is 6.59. The van der Waals surface area contributed by atoms with Crippen LogP contribution in [0.2, 0.25) is 5.02 Å². The summed E-state index contributed by atoms with van der Waals surface area (Å²) < 4.78 is 13.5. The zero-order valence-electron chi connectivity index (χ0n) is 20.4. The van der Waals surface area contributed by atoms with Gasteiger partial charge in [-0.05, 0) is 55.5 Å². The molecule has 5 rings (SSSR count). The van der Waals surface area contributed by atoms with Crippen molar-refractivity contribution in [3.63, 3.8) is 0 Å². The smallest absolute Gasteiger partial charge is 0.274 e. The van der Waals surface area contributed by atoms with Crippen LogP contribution in [0.15, 0.2) is 42.7 Å². The maximum atomic E-state index is 13.6. The highest BCUT2D eigenvalue weighted by molar-refractivity contribution is 6.32. The van der Waals surface area contributed by atoms with Gasteiger partial charge in [-0.25, -0.2) is 14.2 Å². The molecule has 0 aromatic carbocycles. The SMILES string of the molecule is COc1cc(C(=O)Nc2c(C)cc3ccnn3c2C(=O)NCC2CCOCC2)n(-c2ncccc2Cl)n1. The maximum Gasteiger partial charge on any atom is 0.274 e. The van der Waals surface area contributed by atoms with Gasteiger partial charge in [-0.2, -0.15) is 5.10 Å². The van der Waals surface area contributed by atoms with Crippen molar-refractivity contribution in [1.29, 1.82) is 0 Å². The van der Waals surface area contributed by atoms with Gasteiger partial charge in [0.1, 0.15) is 5.69 Å². The van der Waals surface area contributed by atoms with E-state index in [1.165, 1.54) is 22.4 Å². The summed E-state index contributed by atoms with van der Waals surface area (Å²) in [5.74, 6) is -0.0471. The molecule has 1 fully saturated rings. The molecule has 0 aliphatic carbocycles. The van der Waals surface area contributed by atoms with E-state index in [4.69, 9.17) is 21.1 Å². The Morgan fingerprint density at radius 3 is 2.76 bits per heavy atom. The fraction of sp³-hybridized carbons (Fsp3) is 0.320. The lowest BCUT2D eigenvalue weighted by Gasteiger charge is -2.22. The number of hydrogen-bond donors (Lipinski definition) is 2. The molecule has 0 saturated carbocycles. The molecular formula is C25H26ClN7O4. The number of amides is 2. The highest BCUT2D eigenvalue weighted by atomic mass is 35.5. The van der Waals surface area contributed by atoms with Gasteiger partial charge in [0.25, 0.3) is 11.8 Å². The molecule has 0 spiro atoms. The average Bonchev–Trinajstić information content (AvgIpc) is 3.55. The molecule has 0 bridgehead atoms. The van der Waals surface area contributed by atoms with E-state index in [1.54, 1.807) is 30.6 Å². The van der Waals surface area contributed by atoms with E-state index >= 15 is 0 Å². The van der Waals surface area contributed by atoms with Gasteiger partial charge >= 0.3 is 0 Å². The number of fused-ring (bicyclic) bond motifs is 1. The molecule has 37 heavy (non-hydrogen) atoms. The third kappa shape index (κ3) is 5.00. The summed E-state index contributed by atoms with van der Waals surface area (Å²) in [6, 6.07) is 8.46. The molecule has 0 atom stereocenters. The van der Waals surface area contributed by atoms with Crippen LogP contribution in [0.5, 0.6) is 5.88 Å². The monoisotopic (exact) mass is 523 g/mol. The minimum absolute atomic E-state index is 0.131. The second-order valence-corrected chi connectivity index (χ2v) is 9.14. The fourth-order valence-electron chi connectivity index (χ4n) is 4.33. The number of aromatic nitrogens is 5. The Labute approximate surface area is 217 Å². The standard InChI is InChI=1S/C25H26ClN7O4/c1-15-12-17-5-9-29-32(17)22(25(35)28-14-16-6-10-37-11-7-16)21(15)30-24(34)19-13-20(36-2)31-33(19)23-18(26)4-3-8-27-23/h3-5,8-9,12-13,16H,6-7,10-11,14H2,1-2H3,(H,28,35)(H,30,34). The second-order valence-electron chi connectivity index (χ2n) is 8.73. The third-order valence-electron chi connectivity index (χ3n) is 6.29. The van der Waals surface area contributed by atoms with Crippen LogP contribution in [0.1, 0.15) is 39.4 Å². The predicted molar refractivity (Wildman–Crippen MR) is 137 cm³/mol. The first-order valence-corrected chi connectivity index (χ1v) is 12.2. The molecule has 4 aromatic heterocycles. The number of anilines is 1. The lowest BCUT2D eigenvalue weighted by Crippen LogP contribution is -2.34. The number of carbonyl (C=O) groups is 2. The summed E-state index contributed by atoms with van der Waals surface area (Å²) in [5, 5.41) is 14.9. The summed E-state index contributed by atoms with van der Waals surface area (Å²) in [4.78, 5) is 31.3. The number of aryl methyl sites for hydroxylation is 1. The van der Waals surface area contributed by atoms with Gasteiger partial charge < -0.3 is 20.1 Å². The highest BCUT2D eigenvalue weighted by Gasteiger charge is 2.25. The molecule has 1 aliphatic rings. The van der Waals surface area contributed by atoms with Gasteiger partial charge in [0.2, 0.25) is 5.88 Å². The van der Waals surface area contributed by atoms with E-state index in [0.29, 0.717) is 41.9 Å². The van der Waals surface area contributed by atoms with Gasteiger partial charge in [-0.3, -0.25) is 9.59 Å². The van der Waals surface area contributed by atoms with Crippen molar-refractivity contribution in [3.05, 3.63) is 64.7 Å². The van der Waals surface area contributed by atoms with E-state index in [-0.39, 0.29) is 29.0 Å². The number of rotatable bonds is 7. The van der Waals surface area contributed by atoms with Crippen LogP contribution in [0, 0.1) is 12.8 Å². The molecule has 1 aliphatic heterocycles. The summed E-state index contributed by atoms with van der Waals surface area (Å²) in [5.41, 5.74) is 2.13. The summed E-state index contributed by atoms with van der Waals surface area (Å²) in [6.45, 7) is 3.71. The Bertz CT molecular complexity index is 1460. The Kier molecular flexibility index (Phi) is 7.06. The molecule has 0 unspecified atom stereocenters. The first-order valence-electron chi connectivity index (χ1n) is 11.9. The number of ether oxygens (including phenoxy) is 2. The Hall–Kier alpha value is -3.96. The van der Waals surface area contributed by atoms with Crippen molar-refractivity contribution in [3.8, 4) is 11.7 Å². The van der Waals surface area contributed by atoms with Gasteiger partial charge in [0.15, 0.2) is 11.5 Å². The highest BCUT2D eigenvalue weighted by Crippen LogP contribution is 2.27. The summed E-state index contributed by atoms with van der Waals surface area (Å²) in [7, 11) is 1.45. The van der Waals surface area contributed by atoms with Crippen molar-refractivity contribution >= 4 is 34.6 Å². The topological polar surface area (TPSA) is 125 Å². The maximum absolute atomic E-state index is 13.6.